The molecule has 0 radical (unpaired) electrons. The van der Waals surface area contributed by atoms with Crippen LogP contribution in [0.25, 0.3) is 11.3 Å². The summed E-state index contributed by atoms with van der Waals surface area (Å²) in [5, 5.41) is 0. The molecule has 2 amide bonds. The summed E-state index contributed by atoms with van der Waals surface area (Å²) in [5.74, 6) is -0.924. The molecule has 7 heteroatoms. The molecule has 5 nitrogen and oxygen atoms in total. The van der Waals surface area contributed by atoms with Crippen molar-refractivity contribution in [2.24, 2.45) is 5.73 Å². The number of hydrogen-bond donors (Lipinski definition) is 1. The second-order valence-electron chi connectivity index (χ2n) is 7.82. The maximum atomic E-state index is 13.7. The van der Waals surface area contributed by atoms with Crippen molar-refractivity contribution in [1.29, 1.82) is 0 Å². The number of aryl methyl sites for hydroxylation is 1. The fourth-order valence-electron chi connectivity index (χ4n) is 2.94. The first-order chi connectivity index (χ1) is 13.6. The largest absolute Gasteiger partial charge is 0.351 e. The Labute approximate surface area is 168 Å². The van der Waals surface area contributed by atoms with Gasteiger partial charge < -0.3 is 5.73 Å². The van der Waals surface area contributed by atoms with Gasteiger partial charge in [0.2, 0.25) is 0 Å². The molecule has 150 valence electrons. The van der Waals surface area contributed by atoms with E-state index in [1.807, 2.05) is 26.8 Å². The van der Waals surface area contributed by atoms with Gasteiger partial charge in [-0.25, -0.2) is 23.5 Å². The minimum Gasteiger partial charge on any atom is -0.351 e. The molecule has 3 aromatic rings. The van der Waals surface area contributed by atoms with Gasteiger partial charge in [0.05, 0.1) is 17.1 Å². The van der Waals surface area contributed by atoms with Gasteiger partial charge in [-0.3, -0.25) is 4.90 Å². The van der Waals surface area contributed by atoms with Crippen molar-refractivity contribution in [2.75, 3.05) is 4.90 Å². The third-order valence-corrected chi connectivity index (χ3v) is 4.40. The molecule has 1 aromatic heterocycles. The molecular formula is C22H22F2N4O. The lowest BCUT2D eigenvalue weighted by Gasteiger charge is -2.23. The summed E-state index contributed by atoms with van der Waals surface area (Å²) in [4.78, 5) is 22.2. The highest BCUT2D eigenvalue weighted by Crippen LogP contribution is 2.33. The van der Waals surface area contributed by atoms with Crippen LogP contribution >= 0.6 is 0 Å². The molecule has 0 unspecified atom stereocenters. The number of primary amides is 1. The van der Waals surface area contributed by atoms with E-state index in [1.165, 1.54) is 0 Å². The highest BCUT2D eigenvalue weighted by molar-refractivity contribution is 5.99. The van der Waals surface area contributed by atoms with Crippen LogP contribution < -0.4 is 10.6 Å². The average Bonchev–Trinajstić information content (AvgIpc) is 2.62. The highest BCUT2D eigenvalue weighted by Gasteiger charge is 2.21. The van der Waals surface area contributed by atoms with Crippen molar-refractivity contribution in [3.05, 3.63) is 71.7 Å². The second kappa shape index (κ2) is 7.58. The first-order valence-electron chi connectivity index (χ1n) is 9.06. The summed E-state index contributed by atoms with van der Waals surface area (Å²) in [6.07, 6.45) is 1.68. The lowest BCUT2D eigenvalue weighted by atomic mass is 9.95. The summed E-state index contributed by atoms with van der Waals surface area (Å²) in [5.41, 5.74) is 7.84. The number of amides is 2. The number of aromatic nitrogens is 2. The molecule has 0 spiro atoms. The molecule has 0 saturated heterocycles. The standard InChI is InChI=1S/C22H22F2N4O/c1-13-5-6-14(18-7-8-26-20(27-18)22(2,3)4)9-19(13)28(21(25)29)17-11-15(23)10-16(24)12-17/h5-12H,1-4H3,(H2,25,29). The number of nitrogens with two attached hydrogens (primary N) is 1. The van der Waals surface area contributed by atoms with E-state index in [2.05, 4.69) is 9.97 Å². The van der Waals surface area contributed by atoms with Crippen LogP contribution in [-0.4, -0.2) is 16.0 Å². The first kappa shape index (κ1) is 20.4. The third kappa shape index (κ3) is 4.39. The van der Waals surface area contributed by atoms with Gasteiger partial charge in [0.1, 0.15) is 17.5 Å². The maximum Gasteiger partial charge on any atom is 0.323 e. The van der Waals surface area contributed by atoms with Crippen LogP contribution in [0.3, 0.4) is 0 Å². The van der Waals surface area contributed by atoms with Crippen molar-refractivity contribution >= 4 is 17.4 Å². The van der Waals surface area contributed by atoms with E-state index < -0.39 is 17.7 Å². The van der Waals surface area contributed by atoms with Crippen molar-refractivity contribution in [2.45, 2.75) is 33.1 Å². The quantitative estimate of drug-likeness (QED) is 0.658. The van der Waals surface area contributed by atoms with E-state index in [-0.39, 0.29) is 11.1 Å². The van der Waals surface area contributed by atoms with Crippen molar-refractivity contribution in [1.82, 2.24) is 9.97 Å². The van der Waals surface area contributed by atoms with Crippen LogP contribution in [0.15, 0.2) is 48.7 Å². The second-order valence-corrected chi connectivity index (χ2v) is 7.82. The van der Waals surface area contributed by atoms with E-state index in [4.69, 9.17) is 5.73 Å². The summed E-state index contributed by atoms with van der Waals surface area (Å²) in [7, 11) is 0. The van der Waals surface area contributed by atoms with Crippen molar-refractivity contribution < 1.29 is 13.6 Å². The Morgan fingerprint density at radius 1 is 1.03 bits per heavy atom. The molecule has 2 N–H and O–H groups in total. The van der Waals surface area contributed by atoms with Crippen LogP contribution in [-0.2, 0) is 5.41 Å². The normalized spacial score (nSPS) is 11.4. The number of halogens is 2. The zero-order valence-electron chi connectivity index (χ0n) is 16.7. The monoisotopic (exact) mass is 396 g/mol. The number of hydrogen-bond acceptors (Lipinski definition) is 3. The molecular weight excluding hydrogens is 374 g/mol. The number of nitrogens with zero attached hydrogens (tertiary/aromatic N) is 3. The van der Waals surface area contributed by atoms with Gasteiger partial charge in [-0.05, 0) is 36.8 Å². The molecule has 0 aliphatic rings. The van der Waals surface area contributed by atoms with E-state index in [0.717, 1.165) is 28.7 Å². The molecule has 3 rings (SSSR count). The van der Waals surface area contributed by atoms with Crippen molar-refractivity contribution in [3.8, 4) is 11.3 Å². The minimum atomic E-state index is -0.853. The molecule has 0 saturated carbocycles. The number of rotatable bonds is 3. The van der Waals surface area contributed by atoms with Gasteiger partial charge in [-0.15, -0.1) is 0 Å². The van der Waals surface area contributed by atoms with Crippen LogP contribution in [0.5, 0.6) is 0 Å². The van der Waals surface area contributed by atoms with Crippen LogP contribution in [0, 0.1) is 18.6 Å². The fourth-order valence-corrected chi connectivity index (χ4v) is 2.94. The zero-order valence-corrected chi connectivity index (χ0v) is 16.7. The smallest absolute Gasteiger partial charge is 0.323 e. The third-order valence-electron chi connectivity index (χ3n) is 4.40. The van der Waals surface area contributed by atoms with E-state index in [9.17, 15) is 13.6 Å². The number of carbonyl (C=O) groups is 1. The van der Waals surface area contributed by atoms with Crippen LogP contribution in [0.1, 0.15) is 32.2 Å². The molecule has 0 atom stereocenters. The number of carbonyl (C=O) groups excluding carboxylic acids is 1. The van der Waals surface area contributed by atoms with E-state index in [1.54, 1.807) is 31.3 Å². The van der Waals surface area contributed by atoms with Gasteiger partial charge in [-0.1, -0.05) is 32.9 Å². The Balaban J connectivity index is 2.14. The summed E-state index contributed by atoms with van der Waals surface area (Å²) < 4.78 is 27.5. The van der Waals surface area contributed by atoms with Gasteiger partial charge in [0.25, 0.3) is 0 Å². The van der Waals surface area contributed by atoms with Gasteiger partial charge in [0, 0.05) is 23.2 Å². The Bertz CT molecular complexity index is 1060. The average molecular weight is 396 g/mol. The Hall–Kier alpha value is -3.35. The van der Waals surface area contributed by atoms with E-state index >= 15 is 0 Å². The Kier molecular flexibility index (Phi) is 5.33. The van der Waals surface area contributed by atoms with Gasteiger partial charge in [-0.2, -0.15) is 0 Å². The van der Waals surface area contributed by atoms with Crippen LogP contribution in [0.4, 0.5) is 25.0 Å². The summed E-state index contributed by atoms with van der Waals surface area (Å²) in [6.45, 7) is 7.82. The maximum absolute atomic E-state index is 13.7. The highest BCUT2D eigenvalue weighted by atomic mass is 19.1. The molecule has 0 aliphatic heterocycles. The number of urea groups is 1. The zero-order chi connectivity index (χ0) is 21.3. The molecule has 1 heterocycles. The number of anilines is 2. The predicted molar refractivity (Wildman–Crippen MR) is 109 cm³/mol. The SMILES string of the molecule is Cc1ccc(-c2ccnc(C(C)(C)C)n2)cc1N(C(N)=O)c1cc(F)cc(F)c1. The molecule has 0 aliphatic carbocycles. The Morgan fingerprint density at radius 2 is 1.69 bits per heavy atom. The first-order valence-corrected chi connectivity index (χ1v) is 9.06. The molecule has 0 fully saturated rings. The molecule has 0 bridgehead atoms. The molecule has 2 aromatic carbocycles. The van der Waals surface area contributed by atoms with Gasteiger partial charge >= 0.3 is 6.03 Å². The topological polar surface area (TPSA) is 72.1 Å². The van der Waals surface area contributed by atoms with Crippen LogP contribution in [0.2, 0.25) is 0 Å². The Morgan fingerprint density at radius 3 is 2.28 bits per heavy atom. The predicted octanol–water partition coefficient (Wildman–Crippen LogP) is 5.24. The summed E-state index contributed by atoms with van der Waals surface area (Å²) in [6, 6.07) is 9.14. The summed E-state index contributed by atoms with van der Waals surface area (Å²) >= 11 is 0. The lowest BCUT2D eigenvalue weighted by Crippen LogP contribution is -2.32. The minimum absolute atomic E-state index is 0.00770. The van der Waals surface area contributed by atoms with Gasteiger partial charge in [0.15, 0.2) is 0 Å². The lowest BCUT2D eigenvalue weighted by molar-refractivity contribution is 0.256. The van der Waals surface area contributed by atoms with E-state index in [0.29, 0.717) is 22.8 Å². The molecule has 29 heavy (non-hydrogen) atoms. The number of benzene rings is 2. The fraction of sp³-hybridized carbons (Fsp3) is 0.227. The van der Waals surface area contributed by atoms with Crippen molar-refractivity contribution in [3.63, 3.8) is 0 Å².